The Balaban J connectivity index is 2.48. The standard InChI is InChI=1S/C9H15NO4/c1-6-2-3-8(14-6)7(10-5-11)4-9(12)13/h5-8H,2-4H2,1H3,(H,10,11)(H,12,13)/t6?,7-,8?/m1/s1. The van der Waals surface area contributed by atoms with Crippen LogP contribution in [0.4, 0.5) is 0 Å². The number of amides is 1. The number of ether oxygens (including phenoxy) is 1. The molecule has 80 valence electrons. The summed E-state index contributed by atoms with van der Waals surface area (Å²) in [5.41, 5.74) is 0. The zero-order valence-corrected chi connectivity index (χ0v) is 8.10. The number of carbonyl (C=O) groups is 2. The first-order chi connectivity index (χ1) is 6.63. The highest BCUT2D eigenvalue weighted by Crippen LogP contribution is 2.22. The minimum absolute atomic E-state index is 0.0872. The first-order valence-corrected chi connectivity index (χ1v) is 4.70. The first kappa shape index (κ1) is 11.0. The molecule has 3 atom stereocenters. The molecule has 5 heteroatoms. The number of carboxylic acid groups (broad SMARTS) is 1. The second kappa shape index (κ2) is 4.95. The van der Waals surface area contributed by atoms with Crippen LogP contribution in [0, 0.1) is 0 Å². The Hall–Kier alpha value is -1.10. The lowest BCUT2D eigenvalue weighted by Gasteiger charge is -2.21. The molecule has 5 nitrogen and oxygen atoms in total. The SMILES string of the molecule is CC1CCC([C@@H](CC(=O)O)NC=O)O1. The van der Waals surface area contributed by atoms with Gasteiger partial charge in [0, 0.05) is 0 Å². The van der Waals surface area contributed by atoms with Gasteiger partial charge in [0.25, 0.3) is 0 Å². The summed E-state index contributed by atoms with van der Waals surface area (Å²) in [6.07, 6.45) is 2.16. The number of aliphatic carboxylic acids is 1. The Morgan fingerprint density at radius 1 is 1.71 bits per heavy atom. The van der Waals surface area contributed by atoms with Crippen molar-refractivity contribution in [2.75, 3.05) is 0 Å². The van der Waals surface area contributed by atoms with Crippen LogP contribution >= 0.6 is 0 Å². The molecule has 0 spiro atoms. The summed E-state index contributed by atoms with van der Waals surface area (Å²) in [6, 6.07) is -0.407. The monoisotopic (exact) mass is 201 g/mol. The van der Waals surface area contributed by atoms with E-state index >= 15 is 0 Å². The number of hydrogen-bond acceptors (Lipinski definition) is 3. The maximum atomic E-state index is 10.5. The third kappa shape index (κ3) is 2.99. The van der Waals surface area contributed by atoms with Gasteiger partial charge >= 0.3 is 5.97 Å². The number of carboxylic acids is 1. The lowest BCUT2D eigenvalue weighted by molar-refractivity contribution is -0.138. The van der Waals surface area contributed by atoms with Crippen molar-refractivity contribution < 1.29 is 19.4 Å². The number of rotatable bonds is 5. The minimum Gasteiger partial charge on any atom is -0.481 e. The Labute approximate surface area is 82.4 Å². The average molecular weight is 201 g/mol. The summed E-state index contributed by atoms with van der Waals surface area (Å²) in [6.45, 7) is 1.94. The molecule has 1 amide bonds. The van der Waals surface area contributed by atoms with E-state index < -0.39 is 12.0 Å². The van der Waals surface area contributed by atoms with Crippen molar-refractivity contribution in [3.63, 3.8) is 0 Å². The van der Waals surface area contributed by atoms with Crippen LogP contribution in [-0.4, -0.2) is 35.7 Å². The van der Waals surface area contributed by atoms with Gasteiger partial charge in [0.2, 0.25) is 6.41 Å². The molecule has 0 bridgehead atoms. The van der Waals surface area contributed by atoms with Crippen molar-refractivity contribution in [1.82, 2.24) is 5.32 Å². The maximum Gasteiger partial charge on any atom is 0.305 e. The fourth-order valence-corrected chi connectivity index (χ4v) is 1.70. The van der Waals surface area contributed by atoms with Gasteiger partial charge in [0.1, 0.15) is 0 Å². The lowest BCUT2D eigenvalue weighted by Crippen LogP contribution is -2.40. The van der Waals surface area contributed by atoms with Gasteiger partial charge in [-0.3, -0.25) is 9.59 Å². The van der Waals surface area contributed by atoms with Gasteiger partial charge in [-0.25, -0.2) is 0 Å². The molecule has 1 saturated heterocycles. The third-order valence-corrected chi connectivity index (χ3v) is 2.39. The maximum absolute atomic E-state index is 10.5. The van der Waals surface area contributed by atoms with Gasteiger partial charge in [-0.15, -0.1) is 0 Å². The van der Waals surface area contributed by atoms with Crippen molar-refractivity contribution in [3.05, 3.63) is 0 Å². The molecule has 0 aliphatic carbocycles. The van der Waals surface area contributed by atoms with E-state index in [1.165, 1.54) is 0 Å². The molecule has 1 heterocycles. The highest BCUT2D eigenvalue weighted by molar-refractivity contribution is 5.68. The van der Waals surface area contributed by atoms with Crippen LogP contribution in [0.5, 0.6) is 0 Å². The average Bonchev–Trinajstić information content (AvgIpc) is 2.50. The second-order valence-electron chi connectivity index (χ2n) is 3.55. The van der Waals surface area contributed by atoms with Crippen molar-refractivity contribution >= 4 is 12.4 Å². The van der Waals surface area contributed by atoms with E-state index in [0.29, 0.717) is 6.41 Å². The van der Waals surface area contributed by atoms with Gasteiger partial charge in [0.15, 0.2) is 0 Å². The minimum atomic E-state index is -0.924. The van der Waals surface area contributed by atoms with Crippen molar-refractivity contribution in [3.8, 4) is 0 Å². The highest BCUT2D eigenvalue weighted by atomic mass is 16.5. The van der Waals surface area contributed by atoms with E-state index in [0.717, 1.165) is 12.8 Å². The van der Waals surface area contributed by atoms with E-state index in [4.69, 9.17) is 9.84 Å². The summed E-state index contributed by atoms with van der Waals surface area (Å²) < 4.78 is 5.49. The van der Waals surface area contributed by atoms with Crippen LogP contribution in [-0.2, 0) is 14.3 Å². The van der Waals surface area contributed by atoms with E-state index in [9.17, 15) is 9.59 Å². The van der Waals surface area contributed by atoms with Gasteiger partial charge in [-0.05, 0) is 19.8 Å². The van der Waals surface area contributed by atoms with Crippen LogP contribution in [0.15, 0.2) is 0 Å². The number of carbonyl (C=O) groups excluding carboxylic acids is 1. The van der Waals surface area contributed by atoms with Crippen LogP contribution in [0.25, 0.3) is 0 Å². The van der Waals surface area contributed by atoms with Crippen LogP contribution in [0.2, 0.25) is 0 Å². The molecule has 1 aliphatic heterocycles. The summed E-state index contributed by atoms with van der Waals surface area (Å²) in [5.74, 6) is -0.924. The Bertz CT molecular complexity index is 219. The summed E-state index contributed by atoms with van der Waals surface area (Å²) in [7, 11) is 0. The molecule has 0 saturated carbocycles. The van der Waals surface area contributed by atoms with Gasteiger partial charge < -0.3 is 15.2 Å². The largest absolute Gasteiger partial charge is 0.481 e. The van der Waals surface area contributed by atoms with Crippen LogP contribution in [0.1, 0.15) is 26.2 Å². The fraction of sp³-hybridized carbons (Fsp3) is 0.778. The molecule has 1 rings (SSSR count). The Kier molecular flexibility index (Phi) is 3.88. The molecular formula is C9H15NO4. The molecule has 14 heavy (non-hydrogen) atoms. The molecular weight excluding hydrogens is 186 g/mol. The summed E-state index contributed by atoms with van der Waals surface area (Å²) >= 11 is 0. The summed E-state index contributed by atoms with van der Waals surface area (Å²) in [4.78, 5) is 20.8. The Morgan fingerprint density at radius 3 is 2.86 bits per heavy atom. The highest BCUT2D eigenvalue weighted by Gasteiger charge is 2.30. The summed E-state index contributed by atoms with van der Waals surface area (Å²) in [5, 5.41) is 11.1. The normalized spacial score (nSPS) is 28.4. The third-order valence-electron chi connectivity index (χ3n) is 2.39. The number of nitrogens with one attached hydrogen (secondary N) is 1. The van der Waals surface area contributed by atoms with Gasteiger partial charge in [-0.2, -0.15) is 0 Å². The molecule has 1 fully saturated rings. The molecule has 0 aromatic heterocycles. The Morgan fingerprint density at radius 2 is 2.43 bits per heavy atom. The first-order valence-electron chi connectivity index (χ1n) is 4.70. The molecule has 2 N–H and O–H groups in total. The predicted molar refractivity (Wildman–Crippen MR) is 48.8 cm³/mol. The molecule has 1 aliphatic rings. The molecule has 2 unspecified atom stereocenters. The fourth-order valence-electron chi connectivity index (χ4n) is 1.70. The van der Waals surface area contributed by atoms with Crippen molar-refractivity contribution in [1.29, 1.82) is 0 Å². The predicted octanol–water partition coefficient (Wildman–Crippen LogP) is 0.143. The quantitative estimate of drug-likeness (QED) is 0.620. The zero-order valence-electron chi connectivity index (χ0n) is 8.10. The van der Waals surface area contributed by atoms with E-state index in [1.807, 2.05) is 6.92 Å². The smallest absolute Gasteiger partial charge is 0.305 e. The number of hydrogen-bond donors (Lipinski definition) is 2. The molecule has 0 radical (unpaired) electrons. The van der Waals surface area contributed by atoms with E-state index in [-0.39, 0.29) is 18.6 Å². The van der Waals surface area contributed by atoms with Crippen LogP contribution in [0.3, 0.4) is 0 Å². The van der Waals surface area contributed by atoms with Gasteiger partial charge in [-0.1, -0.05) is 0 Å². The second-order valence-corrected chi connectivity index (χ2v) is 3.55. The van der Waals surface area contributed by atoms with Gasteiger partial charge in [0.05, 0.1) is 24.7 Å². The lowest BCUT2D eigenvalue weighted by atomic mass is 10.0. The zero-order chi connectivity index (χ0) is 10.6. The molecule has 0 aromatic rings. The van der Waals surface area contributed by atoms with E-state index in [2.05, 4.69) is 5.32 Å². The van der Waals surface area contributed by atoms with Crippen molar-refractivity contribution in [2.45, 2.75) is 44.4 Å². The van der Waals surface area contributed by atoms with Crippen LogP contribution < -0.4 is 5.32 Å². The topological polar surface area (TPSA) is 75.6 Å². The van der Waals surface area contributed by atoms with E-state index in [1.54, 1.807) is 0 Å². The van der Waals surface area contributed by atoms with Crippen molar-refractivity contribution in [2.24, 2.45) is 0 Å². The molecule has 0 aromatic carbocycles.